The molecule has 140 valence electrons. The van der Waals surface area contributed by atoms with E-state index in [9.17, 15) is 30.8 Å². The average Bonchev–Trinajstić information content (AvgIpc) is 2.58. The molecule has 0 unspecified atom stereocenters. The third-order valence-electron chi connectivity index (χ3n) is 3.29. The van der Waals surface area contributed by atoms with Gasteiger partial charge in [0.15, 0.2) is 11.6 Å². The van der Waals surface area contributed by atoms with E-state index in [1.807, 2.05) is 5.32 Å². The molecule has 2 aromatic carbocycles. The van der Waals surface area contributed by atoms with Crippen molar-refractivity contribution in [3.63, 3.8) is 0 Å². The Morgan fingerprint density at radius 1 is 1.00 bits per heavy atom. The predicted molar refractivity (Wildman–Crippen MR) is 83.3 cm³/mol. The third-order valence-corrected chi connectivity index (χ3v) is 4.53. The molecule has 2 aromatic rings. The second-order valence-corrected chi connectivity index (χ2v) is 6.72. The first-order valence-electron chi connectivity index (χ1n) is 7.25. The Balaban J connectivity index is 2.54. The molecule has 1 amide bonds. The molecule has 2 rings (SSSR count). The maximum absolute atomic E-state index is 14.1. The number of carbonyl (C=O) groups excluding carboxylic acids is 1. The fourth-order valence-corrected chi connectivity index (χ4v) is 2.93. The van der Waals surface area contributed by atoms with Crippen LogP contribution in [0, 0.1) is 30.2 Å². The van der Waals surface area contributed by atoms with Crippen molar-refractivity contribution in [2.45, 2.75) is 18.7 Å². The van der Waals surface area contributed by atoms with Gasteiger partial charge in [0.05, 0.1) is 0 Å². The molecule has 0 saturated carbocycles. The summed E-state index contributed by atoms with van der Waals surface area (Å²) in [5.74, 6) is -11.6. The van der Waals surface area contributed by atoms with Crippen LogP contribution in [0.15, 0.2) is 29.2 Å². The largest absolute Gasteiger partial charge is 0.372 e. The minimum absolute atomic E-state index is 0.0546. The second-order valence-electron chi connectivity index (χ2n) is 5.17. The number of nitrogens with one attached hydrogen (secondary N) is 1. The number of hydrogen-bond donors (Lipinski definition) is 1. The van der Waals surface area contributed by atoms with Crippen LogP contribution in [0.1, 0.15) is 22.8 Å². The van der Waals surface area contributed by atoms with Crippen molar-refractivity contribution < 1.29 is 35.0 Å². The third kappa shape index (κ3) is 3.64. The van der Waals surface area contributed by atoms with Crippen molar-refractivity contribution in [2.75, 3.05) is 6.54 Å². The van der Waals surface area contributed by atoms with E-state index in [4.69, 9.17) is 0 Å². The highest BCUT2D eigenvalue weighted by atomic mass is 32.2. The Morgan fingerprint density at radius 3 is 1.96 bits per heavy atom. The Hall–Kier alpha value is -2.62. The highest BCUT2D eigenvalue weighted by Gasteiger charge is 2.33. The van der Waals surface area contributed by atoms with E-state index in [-0.39, 0.29) is 6.54 Å². The standard InChI is InChI=1S/C16H13F4NO4S/c1-3-21-16(22)10-11(17)13(19)15(14(20)12(10)18)25-26(23,24)9-6-4-8(2)5-7-9/h4-7H,3H2,1-2H3,(H,21,22). The maximum atomic E-state index is 14.1. The first-order chi connectivity index (χ1) is 12.1. The van der Waals surface area contributed by atoms with Crippen molar-refractivity contribution in [2.24, 2.45) is 0 Å². The normalized spacial score (nSPS) is 11.3. The van der Waals surface area contributed by atoms with E-state index in [2.05, 4.69) is 4.18 Å². The molecule has 0 atom stereocenters. The van der Waals surface area contributed by atoms with E-state index < -0.39 is 55.5 Å². The summed E-state index contributed by atoms with van der Waals surface area (Å²) in [7, 11) is -4.77. The monoisotopic (exact) mass is 391 g/mol. The Labute approximate surface area is 146 Å². The lowest BCUT2D eigenvalue weighted by molar-refractivity contribution is 0.0944. The summed E-state index contributed by atoms with van der Waals surface area (Å²) in [6.07, 6.45) is 0. The topological polar surface area (TPSA) is 72.5 Å². The molecule has 0 aliphatic rings. The molecule has 26 heavy (non-hydrogen) atoms. The number of hydrogen-bond acceptors (Lipinski definition) is 4. The van der Waals surface area contributed by atoms with Crippen LogP contribution in [0.4, 0.5) is 17.6 Å². The van der Waals surface area contributed by atoms with Crippen LogP contribution in [0.2, 0.25) is 0 Å². The molecule has 0 aromatic heterocycles. The summed E-state index contributed by atoms with van der Waals surface area (Å²) in [4.78, 5) is 11.1. The summed E-state index contributed by atoms with van der Waals surface area (Å²) in [6, 6.07) is 4.97. The molecule has 10 heteroatoms. The molecule has 0 heterocycles. The Morgan fingerprint density at radius 2 is 1.50 bits per heavy atom. The summed E-state index contributed by atoms with van der Waals surface area (Å²) < 4.78 is 84.5. The zero-order chi connectivity index (χ0) is 19.6. The van der Waals surface area contributed by atoms with Gasteiger partial charge in [-0.3, -0.25) is 4.79 Å². The lowest BCUT2D eigenvalue weighted by atomic mass is 10.1. The van der Waals surface area contributed by atoms with E-state index >= 15 is 0 Å². The lowest BCUT2D eigenvalue weighted by Gasteiger charge is -2.13. The Kier molecular flexibility index (Phi) is 5.55. The predicted octanol–water partition coefficient (Wildman–Crippen LogP) is 3.07. The number of halogens is 4. The van der Waals surface area contributed by atoms with Gasteiger partial charge >= 0.3 is 10.1 Å². The van der Waals surface area contributed by atoms with Gasteiger partial charge in [0, 0.05) is 6.54 Å². The van der Waals surface area contributed by atoms with Crippen molar-refractivity contribution in [1.82, 2.24) is 5.32 Å². The fraction of sp³-hybridized carbons (Fsp3) is 0.188. The van der Waals surface area contributed by atoms with Crippen LogP contribution >= 0.6 is 0 Å². The number of amides is 1. The van der Waals surface area contributed by atoms with E-state index in [0.29, 0.717) is 5.56 Å². The van der Waals surface area contributed by atoms with Crippen LogP contribution in [0.25, 0.3) is 0 Å². The van der Waals surface area contributed by atoms with Gasteiger partial charge in [-0.05, 0) is 26.0 Å². The van der Waals surface area contributed by atoms with Crippen LogP contribution < -0.4 is 9.50 Å². The van der Waals surface area contributed by atoms with Gasteiger partial charge in [0.1, 0.15) is 10.5 Å². The first kappa shape index (κ1) is 19.7. The van der Waals surface area contributed by atoms with E-state index in [1.54, 1.807) is 6.92 Å². The van der Waals surface area contributed by atoms with Crippen molar-refractivity contribution in [3.05, 3.63) is 58.7 Å². The quantitative estimate of drug-likeness (QED) is 0.483. The molecule has 0 bridgehead atoms. The van der Waals surface area contributed by atoms with Crippen LogP contribution in [0.5, 0.6) is 5.75 Å². The average molecular weight is 391 g/mol. The molecule has 0 aliphatic heterocycles. The maximum Gasteiger partial charge on any atom is 0.339 e. The van der Waals surface area contributed by atoms with Crippen LogP contribution in [-0.4, -0.2) is 20.9 Å². The first-order valence-corrected chi connectivity index (χ1v) is 8.66. The van der Waals surface area contributed by atoms with Crippen molar-refractivity contribution in [1.29, 1.82) is 0 Å². The molecule has 1 N–H and O–H groups in total. The molecule has 0 fully saturated rings. The molecule has 5 nitrogen and oxygen atoms in total. The summed E-state index contributed by atoms with van der Waals surface area (Å²) in [5.41, 5.74) is -0.813. The number of benzene rings is 2. The minimum atomic E-state index is -4.77. The lowest BCUT2D eigenvalue weighted by Crippen LogP contribution is -2.26. The molecule has 0 saturated heterocycles. The Bertz CT molecular complexity index is 930. The molecule has 0 radical (unpaired) electrons. The second kappa shape index (κ2) is 7.32. The van der Waals surface area contributed by atoms with Gasteiger partial charge in [-0.1, -0.05) is 17.7 Å². The van der Waals surface area contributed by atoms with E-state index in [1.165, 1.54) is 19.1 Å². The van der Waals surface area contributed by atoms with Gasteiger partial charge in [0.2, 0.25) is 17.4 Å². The van der Waals surface area contributed by atoms with Gasteiger partial charge in [-0.2, -0.15) is 17.2 Å². The summed E-state index contributed by atoms with van der Waals surface area (Å²) >= 11 is 0. The van der Waals surface area contributed by atoms with Crippen LogP contribution in [0.3, 0.4) is 0 Å². The SMILES string of the molecule is CCNC(=O)c1c(F)c(F)c(OS(=O)(=O)c2ccc(C)cc2)c(F)c1F. The molecule has 0 aliphatic carbocycles. The highest BCUT2D eigenvalue weighted by Crippen LogP contribution is 2.32. The molecular formula is C16H13F4NO4S. The molecule has 0 spiro atoms. The number of carbonyl (C=O) groups is 1. The van der Waals surface area contributed by atoms with Gasteiger partial charge in [0.25, 0.3) is 5.91 Å². The van der Waals surface area contributed by atoms with Crippen LogP contribution in [-0.2, 0) is 10.1 Å². The highest BCUT2D eigenvalue weighted by molar-refractivity contribution is 7.87. The van der Waals surface area contributed by atoms with Gasteiger partial charge in [-0.25, -0.2) is 8.78 Å². The number of rotatable bonds is 5. The zero-order valence-electron chi connectivity index (χ0n) is 13.6. The van der Waals surface area contributed by atoms with Gasteiger partial charge in [-0.15, -0.1) is 0 Å². The number of aryl methyl sites for hydroxylation is 1. The summed E-state index contributed by atoms with van der Waals surface area (Å²) in [6.45, 7) is 3.04. The smallest absolute Gasteiger partial charge is 0.339 e. The van der Waals surface area contributed by atoms with E-state index in [0.717, 1.165) is 12.1 Å². The van der Waals surface area contributed by atoms with Crippen molar-refractivity contribution in [3.8, 4) is 5.75 Å². The van der Waals surface area contributed by atoms with Crippen molar-refractivity contribution >= 4 is 16.0 Å². The molecular weight excluding hydrogens is 378 g/mol. The summed E-state index contributed by atoms with van der Waals surface area (Å²) in [5, 5.41) is 1.99. The zero-order valence-corrected chi connectivity index (χ0v) is 14.4. The fourth-order valence-electron chi connectivity index (χ4n) is 2.00. The van der Waals surface area contributed by atoms with Gasteiger partial charge < -0.3 is 9.50 Å². The minimum Gasteiger partial charge on any atom is -0.372 e.